The monoisotopic (exact) mass is 354 g/mol. The van der Waals surface area contributed by atoms with Gasteiger partial charge in [-0.3, -0.25) is 0 Å². The van der Waals surface area contributed by atoms with Gasteiger partial charge in [0.1, 0.15) is 11.0 Å². The number of aromatic nitrogens is 7. The second-order valence-electron chi connectivity index (χ2n) is 6.15. The largest absolute Gasteiger partial charge is 0.393 e. The average molecular weight is 354 g/mol. The molecule has 3 heterocycles. The lowest BCUT2D eigenvalue weighted by molar-refractivity contribution is 0.182. The molecule has 1 aliphatic rings. The van der Waals surface area contributed by atoms with Crippen LogP contribution in [0.5, 0.6) is 0 Å². The van der Waals surface area contributed by atoms with E-state index in [1.54, 1.807) is 10.9 Å². The van der Waals surface area contributed by atoms with Gasteiger partial charge in [-0.25, -0.2) is 4.98 Å². The van der Waals surface area contributed by atoms with Crippen LogP contribution in [-0.2, 0) is 0 Å². The molecule has 2 atom stereocenters. The van der Waals surface area contributed by atoms with E-state index in [4.69, 9.17) is 0 Å². The van der Waals surface area contributed by atoms with Gasteiger partial charge in [-0.15, -0.1) is 5.10 Å². The topological polar surface area (TPSA) is 115 Å². The Bertz CT molecular complexity index is 1060. The van der Waals surface area contributed by atoms with Crippen molar-refractivity contribution in [1.82, 2.24) is 33.7 Å². The number of nitrogens with one attached hydrogen (secondary N) is 1. The Balaban J connectivity index is 1.53. The lowest BCUT2D eigenvalue weighted by Crippen LogP contribution is -2.18. The third-order valence-electron chi connectivity index (χ3n) is 4.41. The zero-order chi connectivity index (χ0) is 16.8. The van der Waals surface area contributed by atoms with E-state index >= 15 is 0 Å². The summed E-state index contributed by atoms with van der Waals surface area (Å²) in [7, 11) is 0. The number of aliphatic hydroxyl groups excluding tert-OH is 1. The van der Waals surface area contributed by atoms with Crippen molar-refractivity contribution in [1.29, 1.82) is 0 Å². The van der Waals surface area contributed by atoms with Gasteiger partial charge in [0.25, 0.3) is 0 Å². The molecule has 1 aromatic carbocycles. The maximum Gasteiger partial charge on any atom is 0.225 e. The third-order valence-corrected chi connectivity index (χ3v) is 4.97. The highest BCUT2D eigenvalue weighted by Gasteiger charge is 2.23. The van der Waals surface area contributed by atoms with Gasteiger partial charge in [-0.05, 0) is 37.5 Å². The van der Waals surface area contributed by atoms with Crippen molar-refractivity contribution in [2.45, 2.75) is 31.4 Å². The van der Waals surface area contributed by atoms with Crippen molar-refractivity contribution in [2.75, 3.05) is 5.32 Å². The molecule has 10 heteroatoms. The van der Waals surface area contributed by atoms with Crippen molar-refractivity contribution in [3.63, 3.8) is 0 Å². The Kier molecular flexibility index (Phi) is 3.31. The highest BCUT2D eigenvalue weighted by molar-refractivity contribution is 7.00. The smallest absolute Gasteiger partial charge is 0.225 e. The summed E-state index contributed by atoms with van der Waals surface area (Å²) in [6.45, 7) is 0. The fourth-order valence-electron chi connectivity index (χ4n) is 3.15. The SMILES string of the molecule is OC1CC[C@@H](Nc2ncc3nnn(-c4ccc5nsnc5c4)c3n2)C1. The maximum absolute atomic E-state index is 9.66. The molecule has 4 aromatic rings. The van der Waals surface area contributed by atoms with E-state index in [0.717, 1.165) is 29.6 Å². The number of anilines is 1. The van der Waals surface area contributed by atoms with Gasteiger partial charge in [0.05, 0.1) is 29.7 Å². The molecular formula is C15H14N8OS. The summed E-state index contributed by atoms with van der Waals surface area (Å²) in [6.07, 6.45) is 3.84. The summed E-state index contributed by atoms with van der Waals surface area (Å²) in [4.78, 5) is 8.87. The first-order chi connectivity index (χ1) is 12.3. The van der Waals surface area contributed by atoms with Gasteiger partial charge >= 0.3 is 0 Å². The Labute approximate surface area is 146 Å². The van der Waals surface area contributed by atoms with Crippen molar-refractivity contribution < 1.29 is 5.11 Å². The van der Waals surface area contributed by atoms with Crippen LogP contribution in [0.15, 0.2) is 24.4 Å². The first-order valence-electron chi connectivity index (χ1n) is 8.02. The quantitative estimate of drug-likeness (QED) is 0.569. The van der Waals surface area contributed by atoms with E-state index in [2.05, 4.69) is 34.3 Å². The fourth-order valence-corrected chi connectivity index (χ4v) is 3.66. The fraction of sp³-hybridized carbons (Fsp3) is 0.333. The first kappa shape index (κ1) is 14.6. The number of hydrogen-bond donors (Lipinski definition) is 2. The summed E-state index contributed by atoms with van der Waals surface area (Å²) in [6, 6.07) is 5.92. The van der Waals surface area contributed by atoms with E-state index < -0.39 is 0 Å². The minimum atomic E-state index is -0.244. The Morgan fingerprint density at radius 2 is 2.08 bits per heavy atom. The molecule has 1 aliphatic carbocycles. The van der Waals surface area contributed by atoms with Crippen molar-refractivity contribution in [3.8, 4) is 5.69 Å². The van der Waals surface area contributed by atoms with Crippen molar-refractivity contribution in [2.24, 2.45) is 0 Å². The molecule has 9 nitrogen and oxygen atoms in total. The number of aliphatic hydroxyl groups is 1. The molecule has 5 rings (SSSR count). The lowest BCUT2D eigenvalue weighted by atomic mass is 10.2. The zero-order valence-corrected chi connectivity index (χ0v) is 13.9. The normalized spacial score (nSPS) is 20.5. The van der Waals surface area contributed by atoms with Crippen molar-refractivity contribution >= 4 is 39.9 Å². The van der Waals surface area contributed by atoms with E-state index in [-0.39, 0.29) is 12.1 Å². The van der Waals surface area contributed by atoms with Gasteiger partial charge in [0, 0.05) is 6.04 Å². The van der Waals surface area contributed by atoms with Crippen LogP contribution in [0.3, 0.4) is 0 Å². The highest BCUT2D eigenvalue weighted by Crippen LogP contribution is 2.23. The van der Waals surface area contributed by atoms with Gasteiger partial charge in [0.15, 0.2) is 11.2 Å². The van der Waals surface area contributed by atoms with Crippen LogP contribution in [0.4, 0.5) is 5.95 Å². The number of hydrogen-bond acceptors (Lipinski definition) is 9. The number of benzene rings is 1. The van der Waals surface area contributed by atoms with E-state index in [9.17, 15) is 5.11 Å². The van der Waals surface area contributed by atoms with E-state index in [1.807, 2.05) is 18.2 Å². The summed E-state index contributed by atoms with van der Waals surface area (Å²) in [5, 5.41) is 21.3. The molecule has 3 aromatic heterocycles. The second kappa shape index (κ2) is 5.67. The Morgan fingerprint density at radius 3 is 2.96 bits per heavy atom. The predicted molar refractivity (Wildman–Crippen MR) is 92.7 cm³/mol. The number of rotatable bonds is 3. The second-order valence-corrected chi connectivity index (χ2v) is 6.68. The van der Waals surface area contributed by atoms with E-state index in [0.29, 0.717) is 23.5 Å². The van der Waals surface area contributed by atoms with Gasteiger partial charge in [0.2, 0.25) is 5.95 Å². The minimum absolute atomic E-state index is 0.189. The summed E-state index contributed by atoms with van der Waals surface area (Å²) < 4.78 is 10.1. The molecule has 1 saturated carbocycles. The standard InChI is InChI=1S/C15H14N8OS/c24-10-3-1-8(5-10)17-15-16-7-13-14(18-15)23(22-19-13)9-2-4-11-12(6-9)21-25-20-11/h2,4,6-8,10,24H,1,3,5H2,(H,16,17,18)/t8-,10?/m1/s1. The molecule has 0 amide bonds. The van der Waals surface area contributed by atoms with Crippen molar-refractivity contribution in [3.05, 3.63) is 24.4 Å². The lowest BCUT2D eigenvalue weighted by Gasteiger charge is -2.11. The third kappa shape index (κ3) is 2.59. The summed E-state index contributed by atoms with van der Waals surface area (Å²) in [5.41, 5.74) is 3.74. The molecule has 126 valence electrons. The van der Waals surface area contributed by atoms with Gasteiger partial charge < -0.3 is 10.4 Å². The molecule has 1 fully saturated rings. The molecule has 0 saturated heterocycles. The maximum atomic E-state index is 9.66. The van der Waals surface area contributed by atoms with Crippen LogP contribution >= 0.6 is 11.7 Å². The number of fused-ring (bicyclic) bond motifs is 2. The summed E-state index contributed by atoms with van der Waals surface area (Å²) >= 11 is 1.18. The molecule has 0 radical (unpaired) electrons. The van der Waals surface area contributed by atoms with E-state index in [1.165, 1.54) is 11.7 Å². The molecule has 1 unspecified atom stereocenters. The molecule has 25 heavy (non-hydrogen) atoms. The molecular weight excluding hydrogens is 340 g/mol. The predicted octanol–water partition coefficient (Wildman–Crippen LogP) is 1.54. The molecule has 0 bridgehead atoms. The Morgan fingerprint density at radius 1 is 1.16 bits per heavy atom. The number of nitrogens with zero attached hydrogens (tertiary/aromatic N) is 7. The van der Waals surface area contributed by atoms with Gasteiger partial charge in [-0.2, -0.15) is 18.4 Å². The first-order valence-corrected chi connectivity index (χ1v) is 8.75. The Hall–Kier alpha value is -2.72. The highest BCUT2D eigenvalue weighted by atomic mass is 32.1. The molecule has 2 N–H and O–H groups in total. The van der Waals surface area contributed by atoms with Crippen LogP contribution < -0.4 is 5.32 Å². The van der Waals surface area contributed by atoms with Crippen LogP contribution in [0.25, 0.3) is 27.9 Å². The average Bonchev–Trinajstić information content (AvgIpc) is 3.33. The van der Waals surface area contributed by atoms with Crippen LogP contribution in [-0.4, -0.2) is 51.0 Å². The zero-order valence-electron chi connectivity index (χ0n) is 13.1. The van der Waals surface area contributed by atoms with Crippen LogP contribution in [0.1, 0.15) is 19.3 Å². The summed E-state index contributed by atoms with van der Waals surface area (Å²) in [5.74, 6) is 0.520. The van der Waals surface area contributed by atoms with Crippen LogP contribution in [0, 0.1) is 0 Å². The van der Waals surface area contributed by atoms with Crippen LogP contribution in [0.2, 0.25) is 0 Å². The minimum Gasteiger partial charge on any atom is -0.393 e. The van der Waals surface area contributed by atoms with Gasteiger partial charge in [-0.1, -0.05) is 5.21 Å². The molecule has 0 spiro atoms. The molecule has 0 aliphatic heterocycles.